The molecule has 0 spiro atoms. The van der Waals surface area contributed by atoms with E-state index in [1.807, 2.05) is 6.92 Å². The van der Waals surface area contributed by atoms with Crippen molar-refractivity contribution in [2.75, 3.05) is 19.7 Å². The van der Waals surface area contributed by atoms with Crippen LogP contribution >= 0.6 is 0 Å². The highest BCUT2D eigenvalue weighted by Gasteiger charge is 2.44. The number of carbonyl (C=O) groups is 2. The Labute approximate surface area is 120 Å². The van der Waals surface area contributed by atoms with Gasteiger partial charge >= 0.3 is 5.97 Å². The second kappa shape index (κ2) is 5.72. The average molecular weight is 280 g/mol. The minimum Gasteiger partial charge on any atom is -0.464 e. The topological polar surface area (TPSA) is 49.9 Å². The Bertz CT molecular complexity index is 399. The van der Waals surface area contributed by atoms with Crippen molar-refractivity contribution in [3.63, 3.8) is 0 Å². The van der Waals surface area contributed by atoms with Crippen molar-refractivity contribution in [3.05, 3.63) is 0 Å². The summed E-state index contributed by atoms with van der Waals surface area (Å²) in [5.74, 6) is 0.191. The predicted octanol–water partition coefficient (Wildman–Crippen LogP) is 1.17. The van der Waals surface area contributed by atoms with E-state index >= 15 is 0 Å². The minimum atomic E-state index is -0.0679. The first-order valence-corrected chi connectivity index (χ1v) is 7.94. The Morgan fingerprint density at radius 2 is 1.95 bits per heavy atom. The Balaban J connectivity index is 1.74. The van der Waals surface area contributed by atoms with Crippen LogP contribution in [-0.2, 0) is 14.3 Å². The first-order valence-electron chi connectivity index (χ1n) is 7.94. The van der Waals surface area contributed by atoms with Crippen LogP contribution in [0.4, 0.5) is 0 Å². The fraction of sp³-hybridized carbons (Fsp3) is 0.867. The second-order valence-electron chi connectivity index (χ2n) is 6.07. The molecule has 0 aromatic heterocycles. The molecule has 20 heavy (non-hydrogen) atoms. The number of likely N-dealkylation sites (tertiary alicyclic amines) is 2. The summed E-state index contributed by atoms with van der Waals surface area (Å²) in [5, 5.41) is 0. The van der Waals surface area contributed by atoms with Gasteiger partial charge in [0.25, 0.3) is 0 Å². The number of hydrogen-bond acceptors (Lipinski definition) is 4. The summed E-state index contributed by atoms with van der Waals surface area (Å²) in [7, 11) is 0. The lowest BCUT2D eigenvalue weighted by Gasteiger charge is -2.36. The molecule has 3 heterocycles. The van der Waals surface area contributed by atoms with Gasteiger partial charge < -0.3 is 9.64 Å². The third-order valence-electron chi connectivity index (χ3n) is 5.02. The van der Waals surface area contributed by atoms with Gasteiger partial charge in [-0.05, 0) is 32.2 Å². The van der Waals surface area contributed by atoms with Gasteiger partial charge in [0.1, 0.15) is 6.04 Å². The Morgan fingerprint density at radius 3 is 2.65 bits per heavy atom. The number of hydrogen-bond donors (Lipinski definition) is 0. The van der Waals surface area contributed by atoms with Gasteiger partial charge in [0, 0.05) is 31.5 Å². The number of carbonyl (C=O) groups excluding carboxylic acids is 2. The maximum Gasteiger partial charge on any atom is 0.323 e. The van der Waals surface area contributed by atoms with Gasteiger partial charge in [-0.1, -0.05) is 6.92 Å². The minimum absolute atomic E-state index is 0.0664. The molecule has 3 fully saturated rings. The van der Waals surface area contributed by atoms with Crippen molar-refractivity contribution in [1.29, 1.82) is 0 Å². The number of ether oxygens (including phenoxy) is 1. The van der Waals surface area contributed by atoms with Crippen LogP contribution in [0.5, 0.6) is 0 Å². The van der Waals surface area contributed by atoms with E-state index in [9.17, 15) is 9.59 Å². The standard InChI is InChI=1S/C15H24N2O3/c1-2-14(18)17-9-4-6-12(17)11-5-3-8-16(11)13-7-10-20-15(13)19/h11-13H,2-10H2,1H3/t11-,12-,13-/m1/s1. The summed E-state index contributed by atoms with van der Waals surface area (Å²) < 4.78 is 5.12. The molecule has 3 aliphatic heterocycles. The SMILES string of the molecule is CCC(=O)N1CCC[C@@H]1[C@H]1CCCN1[C@@H]1CCOC1=O. The number of esters is 1. The van der Waals surface area contributed by atoms with Crippen LogP contribution < -0.4 is 0 Å². The number of cyclic esters (lactones) is 1. The number of nitrogens with zero attached hydrogens (tertiary/aromatic N) is 2. The van der Waals surface area contributed by atoms with Crippen LogP contribution in [0.1, 0.15) is 45.4 Å². The van der Waals surface area contributed by atoms with Crippen LogP contribution in [0, 0.1) is 0 Å². The van der Waals surface area contributed by atoms with E-state index in [1.165, 1.54) is 0 Å². The highest BCUT2D eigenvalue weighted by Crippen LogP contribution is 2.33. The first-order chi connectivity index (χ1) is 9.72. The van der Waals surface area contributed by atoms with Crippen LogP contribution in [0.3, 0.4) is 0 Å². The smallest absolute Gasteiger partial charge is 0.323 e. The van der Waals surface area contributed by atoms with Crippen molar-refractivity contribution >= 4 is 11.9 Å². The lowest BCUT2D eigenvalue weighted by Crippen LogP contribution is -2.52. The van der Waals surface area contributed by atoms with E-state index < -0.39 is 0 Å². The van der Waals surface area contributed by atoms with Crippen LogP contribution in [-0.4, -0.2) is 59.5 Å². The van der Waals surface area contributed by atoms with Crippen molar-refractivity contribution in [3.8, 4) is 0 Å². The molecule has 5 heteroatoms. The molecule has 0 radical (unpaired) electrons. The van der Waals surface area contributed by atoms with Crippen LogP contribution in [0.2, 0.25) is 0 Å². The van der Waals surface area contributed by atoms with E-state index in [-0.39, 0.29) is 17.9 Å². The molecule has 5 nitrogen and oxygen atoms in total. The van der Waals surface area contributed by atoms with Crippen molar-refractivity contribution in [2.24, 2.45) is 0 Å². The van der Waals surface area contributed by atoms with Gasteiger partial charge in [0.2, 0.25) is 5.91 Å². The largest absolute Gasteiger partial charge is 0.464 e. The van der Waals surface area contributed by atoms with E-state index in [0.717, 1.165) is 45.2 Å². The Morgan fingerprint density at radius 1 is 1.20 bits per heavy atom. The molecule has 3 aliphatic rings. The van der Waals surface area contributed by atoms with Crippen molar-refractivity contribution in [1.82, 2.24) is 9.80 Å². The van der Waals surface area contributed by atoms with Crippen LogP contribution in [0.25, 0.3) is 0 Å². The maximum atomic E-state index is 12.1. The van der Waals surface area contributed by atoms with Gasteiger partial charge in [-0.2, -0.15) is 0 Å². The average Bonchev–Trinajstić information content (AvgIpc) is 3.15. The second-order valence-corrected chi connectivity index (χ2v) is 6.07. The molecule has 0 aliphatic carbocycles. The normalized spacial score (nSPS) is 34.8. The molecule has 112 valence electrons. The predicted molar refractivity (Wildman–Crippen MR) is 74.1 cm³/mol. The molecule has 0 aromatic carbocycles. The zero-order chi connectivity index (χ0) is 14.1. The Hall–Kier alpha value is -1.10. The molecule has 0 N–H and O–H groups in total. The van der Waals surface area contributed by atoms with Gasteiger partial charge in [0.15, 0.2) is 0 Å². The molecule has 0 aromatic rings. The molecule has 3 rings (SSSR count). The van der Waals surface area contributed by atoms with Crippen molar-refractivity contribution < 1.29 is 14.3 Å². The monoisotopic (exact) mass is 280 g/mol. The fourth-order valence-electron chi connectivity index (χ4n) is 4.11. The van der Waals surface area contributed by atoms with E-state index in [0.29, 0.717) is 25.1 Å². The number of rotatable bonds is 3. The molecule has 0 saturated carbocycles. The molecule has 1 amide bonds. The fourth-order valence-corrected chi connectivity index (χ4v) is 4.11. The van der Waals surface area contributed by atoms with Gasteiger partial charge in [-0.25, -0.2) is 0 Å². The quantitative estimate of drug-likeness (QED) is 0.728. The highest BCUT2D eigenvalue weighted by molar-refractivity contribution is 5.78. The molecule has 3 saturated heterocycles. The molecular formula is C15H24N2O3. The summed E-state index contributed by atoms with van der Waals surface area (Å²) in [6, 6.07) is 0.587. The zero-order valence-corrected chi connectivity index (χ0v) is 12.2. The summed E-state index contributed by atoms with van der Waals surface area (Å²) in [6.07, 6.45) is 5.78. The lowest BCUT2D eigenvalue weighted by atomic mass is 10.0. The molecular weight excluding hydrogens is 256 g/mol. The van der Waals surface area contributed by atoms with Crippen molar-refractivity contribution in [2.45, 2.75) is 63.6 Å². The van der Waals surface area contributed by atoms with Gasteiger partial charge in [-0.3, -0.25) is 14.5 Å². The molecule has 0 unspecified atom stereocenters. The molecule has 0 bridgehead atoms. The summed E-state index contributed by atoms with van der Waals surface area (Å²) in [4.78, 5) is 28.3. The van der Waals surface area contributed by atoms with Crippen LogP contribution in [0.15, 0.2) is 0 Å². The maximum absolute atomic E-state index is 12.1. The zero-order valence-electron chi connectivity index (χ0n) is 12.2. The van der Waals surface area contributed by atoms with Gasteiger partial charge in [-0.15, -0.1) is 0 Å². The van der Waals surface area contributed by atoms with E-state index in [1.54, 1.807) is 0 Å². The van der Waals surface area contributed by atoms with Gasteiger partial charge in [0.05, 0.1) is 6.61 Å². The highest BCUT2D eigenvalue weighted by atomic mass is 16.5. The molecule has 3 atom stereocenters. The summed E-state index contributed by atoms with van der Waals surface area (Å²) >= 11 is 0. The van der Waals surface area contributed by atoms with E-state index in [4.69, 9.17) is 4.74 Å². The lowest BCUT2D eigenvalue weighted by molar-refractivity contribution is -0.143. The van der Waals surface area contributed by atoms with E-state index in [2.05, 4.69) is 9.80 Å². The first kappa shape index (κ1) is 13.9. The summed E-state index contributed by atoms with van der Waals surface area (Å²) in [5.41, 5.74) is 0. The number of amides is 1. The summed E-state index contributed by atoms with van der Waals surface area (Å²) in [6.45, 7) is 4.33. The third-order valence-corrected chi connectivity index (χ3v) is 5.02. The third kappa shape index (κ3) is 2.32. The Kier molecular flexibility index (Phi) is 3.96.